The average molecular weight is 620 g/mol. The first-order valence-electron chi connectivity index (χ1n) is 12.0. The van der Waals surface area contributed by atoms with E-state index in [2.05, 4.69) is 27.8 Å². The lowest BCUT2D eigenvalue weighted by atomic mass is 10.3. The molecular weight excluding hydrogens is 572 g/mol. The number of alkyl halides is 1. The van der Waals surface area contributed by atoms with Crippen LogP contribution >= 0.6 is 15.9 Å². The third kappa shape index (κ3) is 25.4. The summed E-state index contributed by atoms with van der Waals surface area (Å²) < 4.78 is 36.3. The molecule has 0 aliphatic carbocycles. The molecule has 0 bridgehead atoms. The van der Waals surface area contributed by atoms with Crippen LogP contribution in [-0.2, 0) is 33.2 Å². The van der Waals surface area contributed by atoms with Crippen molar-refractivity contribution in [1.82, 2.24) is 0 Å². The Bertz CT molecular complexity index is 531. The molecule has 0 spiro atoms. The zero-order valence-electron chi connectivity index (χ0n) is 22.9. The summed E-state index contributed by atoms with van der Waals surface area (Å²) in [6.45, 7) is 2.90. The van der Waals surface area contributed by atoms with Crippen LogP contribution < -0.4 is 0 Å². The van der Waals surface area contributed by atoms with E-state index in [9.17, 15) is 5.11 Å². The molecule has 0 saturated carbocycles. The molecule has 13 heteroatoms. The van der Waals surface area contributed by atoms with Crippen LogP contribution in [0.3, 0.4) is 0 Å². The van der Waals surface area contributed by atoms with E-state index in [1.807, 2.05) is 13.8 Å². The van der Waals surface area contributed by atoms with Gasteiger partial charge in [-0.3, -0.25) is 0 Å². The van der Waals surface area contributed by atoms with Crippen molar-refractivity contribution in [2.45, 2.75) is 63.9 Å². The van der Waals surface area contributed by atoms with Crippen molar-refractivity contribution >= 4 is 15.9 Å². The number of ether oxygens (including phenoxy) is 7. The van der Waals surface area contributed by atoms with Gasteiger partial charge in [-0.2, -0.15) is 0 Å². The Morgan fingerprint density at radius 1 is 0.658 bits per heavy atom. The minimum atomic E-state index is -0.902. The maximum absolute atomic E-state index is 9.27. The lowest BCUT2D eigenvalue weighted by molar-refractivity contribution is -0.235. The van der Waals surface area contributed by atoms with Gasteiger partial charge < -0.3 is 58.7 Å². The predicted molar refractivity (Wildman–Crippen MR) is 144 cm³/mol. The summed E-state index contributed by atoms with van der Waals surface area (Å²) in [5, 5.41) is 45.5. The fourth-order valence-electron chi connectivity index (χ4n) is 2.25. The van der Waals surface area contributed by atoms with E-state index in [0.29, 0.717) is 18.2 Å². The second-order valence-corrected chi connectivity index (χ2v) is 7.71. The Morgan fingerprint density at radius 2 is 1.08 bits per heavy atom. The van der Waals surface area contributed by atoms with Crippen LogP contribution in [-0.4, -0.2) is 135 Å². The SMILES string of the molecule is C#CCBr.C#CCOCC(COC(CO)OC(CC)CO)OC(CO)OC.CCC(CO)OC(CO)OC. The van der Waals surface area contributed by atoms with E-state index in [1.54, 1.807) is 0 Å². The van der Waals surface area contributed by atoms with E-state index >= 15 is 0 Å². The number of terminal acetylenes is 2. The second kappa shape index (κ2) is 32.3. The molecule has 0 saturated heterocycles. The van der Waals surface area contributed by atoms with E-state index in [-0.39, 0.29) is 59.0 Å². The molecule has 6 atom stereocenters. The highest BCUT2D eigenvalue weighted by Crippen LogP contribution is 2.08. The van der Waals surface area contributed by atoms with Crippen LogP contribution in [0.2, 0.25) is 0 Å². The summed E-state index contributed by atoms with van der Waals surface area (Å²) in [5.74, 6) is 4.68. The Kier molecular flexibility index (Phi) is 35.4. The Balaban J connectivity index is -0.000000674. The van der Waals surface area contributed by atoms with Crippen LogP contribution in [0.25, 0.3) is 0 Å². The first kappa shape index (κ1) is 41.6. The number of methoxy groups -OCH3 is 2. The molecule has 0 radical (unpaired) electrons. The molecule has 0 rings (SSSR count). The third-order valence-corrected chi connectivity index (χ3v) is 4.68. The Labute approximate surface area is 235 Å². The first-order valence-corrected chi connectivity index (χ1v) is 13.1. The van der Waals surface area contributed by atoms with E-state index in [0.717, 1.165) is 0 Å². The van der Waals surface area contributed by atoms with Gasteiger partial charge in [-0.25, -0.2) is 0 Å². The summed E-state index contributed by atoms with van der Waals surface area (Å²) in [4.78, 5) is 0. The van der Waals surface area contributed by atoms with Crippen LogP contribution in [0.15, 0.2) is 0 Å². The quantitative estimate of drug-likeness (QED) is 0.0501. The molecule has 0 aliphatic rings. The zero-order chi connectivity index (χ0) is 29.6. The maximum Gasteiger partial charge on any atom is 0.181 e. The van der Waals surface area contributed by atoms with Crippen molar-refractivity contribution in [3.63, 3.8) is 0 Å². The molecular formula is C25H47BrO12. The fourth-order valence-corrected chi connectivity index (χ4v) is 2.25. The van der Waals surface area contributed by atoms with Crippen molar-refractivity contribution in [2.75, 3.05) is 72.4 Å². The van der Waals surface area contributed by atoms with Gasteiger partial charge in [0.15, 0.2) is 18.9 Å². The highest BCUT2D eigenvalue weighted by Gasteiger charge is 2.21. The second-order valence-electron chi connectivity index (χ2n) is 7.15. The standard InChI is InChI=1S/C15H28O8.C7H16O4.C3H3Br/c1-4-6-20-10-13(23-14(8-17)19-3)11-21-15(9-18)22-12(5-2)7-16;1-3-6(4-8)11-7(5-9)10-2;1-2-3-4/h1,12-18H,5-11H2,2-3H3;6-9H,3-5H2,1-2H3;1H,3H2. The lowest BCUT2D eigenvalue weighted by Gasteiger charge is -2.26. The van der Waals surface area contributed by atoms with Gasteiger partial charge in [0.1, 0.15) is 12.7 Å². The van der Waals surface area contributed by atoms with Crippen molar-refractivity contribution in [1.29, 1.82) is 0 Å². The molecule has 0 amide bonds. The number of hydrogen-bond acceptors (Lipinski definition) is 12. The van der Waals surface area contributed by atoms with Crippen molar-refractivity contribution in [3.8, 4) is 24.7 Å². The normalized spacial score (nSPS) is 15.3. The third-order valence-electron chi connectivity index (χ3n) is 4.36. The molecule has 38 heavy (non-hydrogen) atoms. The monoisotopic (exact) mass is 618 g/mol. The minimum Gasteiger partial charge on any atom is -0.394 e. The van der Waals surface area contributed by atoms with E-state index < -0.39 is 31.1 Å². The summed E-state index contributed by atoms with van der Waals surface area (Å²) in [6.07, 6.45) is 7.54. The van der Waals surface area contributed by atoms with Crippen LogP contribution in [0.4, 0.5) is 0 Å². The van der Waals surface area contributed by atoms with Crippen molar-refractivity contribution < 1.29 is 58.7 Å². The summed E-state index contributed by atoms with van der Waals surface area (Å²) >= 11 is 3.01. The van der Waals surface area contributed by atoms with Crippen LogP contribution in [0.5, 0.6) is 0 Å². The Morgan fingerprint density at radius 3 is 1.39 bits per heavy atom. The molecule has 0 aromatic carbocycles. The molecule has 12 nitrogen and oxygen atoms in total. The predicted octanol–water partition coefficient (Wildman–Crippen LogP) is -0.138. The number of hydrogen-bond donors (Lipinski definition) is 5. The maximum atomic E-state index is 9.27. The van der Waals surface area contributed by atoms with Crippen molar-refractivity contribution in [2.24, 2.45) is 0 Å². The van der Waals surface area contributed by atoms with Crippen molar-refractivity contribution in [3.05, 3.63) is 0 Å². The Hall–Kier alpha value is -0.880. The highest BCUT2D eigenvalue weighted by molar-refractivity contribution is 9.09. The first-order chi connectivity index (χ1) is 18.3. The van der Waals surface area contributed by atoms with Crippen LogP contribution in [0, 0.1) is 24.7 Å². The lowest BCUT2D eigenvalue weighted by Crippen LogP contribution is -2.37. The fraction of sp³-hybridized carbons (Fsp3) is 0.840. The largest absolute Gasteiger partial charge is 0.394 e. The van der Waals surface area contributed by atoms with Gasteiger partial charge in [0, 0.05) is 14.2 Å². The number of aliphatic hydroxyl groups excluding tert-OH is 5. The molecule has 0 aromatic heterocycles. The molecule has 5 N–H and O–H groups in total. The summed E-state index contributed by atoms with van der Waals surface area (Å²) in [7, 11) is 2.85. The summed E-state index contributed by atoms with van der Waals surface area (Å²) in [6, 6.07) is 0. The summed E-state index contributed by atoms with van der Waals surface area (Å²) in [5.41, 5.74) is 0. The van der Waals surface area contributed by atoms with Gasteiger partial charge in [0.25, 0.3) is 0 Å². The van der Waals surface area contributed by atoms with Gasteiger partial charge in [0.2, 0.25) is 0 Å². The van der Waals surface area contributed by atoms with Gasteiger partial charge in [-0.1, -0.05) is 41.6 Å². The van der Waals surface area contributed by atoms with Gasteiger partial charge in [-0.05, 0) is 12.8 Å². The van der Waals surface area contributed by atoms with Crippen LogP contribution in [0.1, 0.15) is 26.7 Å². The van der Waals surface area contributed by atoms with Gasteiger partial charge >= 0.3 is 0 Å². The number of halogens is 1. The molecule has 0 aliphatic heterocycles. The highest BCUT2D eigenvalue weighted by atomic mass is 79.9. The molecule has 0 heterocycles. The molecule has 0 fully saturated rings. The van der Waals surface area contributed by atoms with E-state index in [4.69, 9.17) is 66.4 Å². The number of aliphatic hydroxyl groups is 5. The van der Waals surface area contributed by atoms with Gasteiger partial charge in [0.05, 0.1) is 63.8 Å². The smallest absolute Gasteiger partial charge is 0.181 e. The average Bonchev–Trinajstić information content (AvgIpc) is 2.96. The minimum absolute atomic E-state index is 0.0253. The molecule has 0 aromatic rings. The van der Waals surface area contributed by atoms with E-state index in [1.165, 1.54) is 14.2 Å². The zero-order valence-corrected chi connectivity index (χ0v) is 24.5. The van der Waals surface area contributed by atoms with Gasteiger partial charge in [-0.15, -0.1) is 12.8 Å². The topological polar surface area (TPSA) is 166 Å². The molecule has 6 unspecified atom stereocenters. The number of rotatable bonds is 21. The molecule has 226 valence electrons.